The van der Waals surface area contributed by atoms with Crippen molar-refractivity contribution in [1.29, 1.82) is 0 Å². The number of halogens is 2. The van der Waals surface area contributed by atoms with Crippen molar-refractivity contribution in [2.45, 2.75) is 24.2 Å². The van der Waals surface area contributed by atoms with Gasteiger partial charge in [0.2, 0.25) is 5.91 Å². The molecular weight excluding hydrogens is 421 g/mol. The van der Waals surface area contributed by atoms with Gasteiger partial charge in [-0.05, 0) is 60.9 Å². The van der Waals surface area contributed by atoms with Gasteiger partial charge in [0.25, 0.3) is 10.0 Å². The van der Waals surface area contributed by atoms with Crippen molar-refractivity contribution in [2.75, 3.05) is 13.7 Å². The monoisotopic (exact) mass is 439 g/mol. The maximum absolute atomic E-state index is 13.7. The van der Waals surface area contributed by atoms with Gasteiger partial charge >= 0.3 is 0 Å². The predicted molar refractivity (Wildman–Crippen MR) is 105 cm³/mol. The zero-order chi connectivity index (χ0) is 21.2. The highest BCUT2D eigenvalue weighted by Crippen LogP contribution is 2.29. The molecule has 3 rings (SSSR count). The second kappa shape index (κ2) is 8.51. The van der Waals surface area contributed by atoms with Crippen molar-refractivity contribution in [3.8, 4) is 5.75 Å². The van der Waals surface area contributed by atoms with Crippen LogP contribution < -0.4 is 4.74 Å². The maximum Gasteiger partial charge on any atom is 0.266 e. The van der Waals surface area contributed by atoms with E-state index in [0.29, 0.717) is 20.6 Å². The molecule has 29 heavy (non-hydrogen) atoms. The van der Waals surface area contributed by atoms with Gasteiger partial charge in [-0.1, -0.05) is 11.6 Å². The lowest BCUT2D eigenvalue weighted by Crippen LogP contribution is -2.42. The first-order valence-electron chi connectivity index (χ1n) is 8.88. The smallest absolute Gasteiger partial charge is 0.266 e. The number of ether oxygens (including phenoxy) is 1. The molecule has 9 heteroatoms. The summed E-state index contributed by atoms with van der Waals surface area (Å²) in [6.07, 6.45) is 0.282. The van der Waals surface area contributed by atoms with E-state index < -0.39 is 34.2 Å². The highest BCUT2D eigenvalue weighted by Gasteiger charge is 2.38. The largest absolute Gasteiger partial charge is 0.496 e. The molecule has 0 N–H and O–H groups in total. The molecule has 0 aromatic heterocycles. The summed E-state index contributed by atoms with van der Waals surface area (Å²) < 4.78 is 45.5. The number of ketones is 1. The van der Waals surface area contributed by atoms with Crippen LogP contribution in [0.25, 0.3) is 0 Å². The van der Waals surface area contributed by atoms with E-state index in [1.165, 1.54) is 49.6 Å². The van der Waals surface area contributed by atoms with Crippen LogP contribution in [0, 0.1) is 11.7 Å². The second-order valence-corrected chi connectivity index (χ2v) is 9.04. The first-order chi connectivity index (χ1) is 13.7. The number of rotatable bonds is 5. The number of nitrogens with zero attached hydrogens (tertiary/aromatic N) is 1. The number of hydrogen-bond acceptors (Lipinski definition) is 5. The van der Waals surface area contributed by atoms with E-state index in [-0.39, 0.29) is 29.9 Å². The molecule has 0 saturated carbocycles. The Morgan fingerprint density at radius 3 is 2.52 bits per heavy atom. The van der Waals surface area contributed by atoms with Gasteiger partial charge in [-0.2, -0.15) is 0 Å². The van der Waals surface area contributed by atoms with E-state index in [0.717, 1.165) is 0 Å². The molecule has 1 unspecified atom stereocenters. The van der Waals surface area contributed by atoms with Gasteiger partial charge in [-0.15, -0.1) is 0 Å². The summed E-state index contributed by atoms with van der Waals surface area (Å²) in [4.78, 5) is 25.2. The van der Waals surface area contributed by atoms with Gasteiger partial charge in [0, 0.05) is 17.4 Å². The lowest BCUT2D eigenvalue weighted by Gasteiger charge is -2.24. The normalized spacial score (nSPS) is 17.9. The van der Waals surface area contributed by atoms with Crippen LogP contribution in [0.4, 0.5) is 4.39 Å². The van der Waals surface area contributed by atoms with Gasteiger partial charge in [0.05, 0.1) is 18.6 Å². The number of methoxy groups -OCH3 is 1. The van der Waals surface area contributed by atoms with E-state index in [1.807, 2.05) is 0 Å². The van der Waals surface area contributed by atoms with Crippen LogP contribution in [0.1, 0.15) is 18.4 Å². The average Bonchev–Trinajstić information content (AvgIpc) is 2.82. The Morgan fingerprint density at radius 2 is 1.86 bits per heavy atom. The molecule has 1 saturated heterocycles. The summed E-state index contributed by atoms with van der Waals surface area (Å²) in [6, 6.07) is 9.28. The standard InChI is InChI=1S/C20H19ClFNO5S/c1-28-19-9-5-16(22)11-14(19)10-13-2-6-17(24)12-23(20(13)25)29(26,27)18-7-3-15(21)4-8-18/h3-5,7-9,11,13H,2,6,10,12H2,1H3. The molecule has 1 heterocycles. The minimum absolute atomic E-state index is 0.0552. The van der Waals surface area contributed by atoms with Gasteiger partial charge in [-0.25, -0.2) is 17.1 Å². The van der Waals surface area contributed by atoms with Crippen LogP contribution in [0.2, 0.25) is 5.02 Å². The highest BCUT2D eigenvalue weighted by atomic mass is 35.5. The Hall–Kier alpha value is -2.45. The van der Waals surface area contributed by atoms with Crippen molar-refractivity contribution in [1.82, 2.24) is 4.31 Å². The van der Waals surface area contributed by atoms with Crippen LogP contribution in [-0.4, -0.2) is 38.1 Å². The first kappa shape index (κ1) is 21.3. The fourth-order valence-electron chi connectivity index (χ4n) is 3.28. The molecule has 154 valence electrons. The molecule has 2 aromatic carbocycles. The topological polar surface area (TPSA) is 80.8 Å². The third-order valence-corrected chi connectivity index (χ3v) is 6.81. The molecule has 1 amide bonds. The average molecular weight is 440 g/mol. The molecule has 6 nitrogen and oxygen atoms in total. The van der Waals surface area contributed by atoms with Crippen LogP contribution in [0.5, 0.6) is 5.75 Å². The molecule has 0 spiro atoms. The number of benzene rings is 2. The van der Waals surface area contributed by atoms with E-state index in [1.54, 1.807) is 0 Å². The summed E-state index contributed by atoms with van der Waals surface area (Å²) in [5.41, 5.74) is 0.434. The summed E-state index contributed by atoms with van der Waals surface area (Å²) in [5, 5.41) is 0.346. The van der Waals surface area contributed by atoms with Crippen LogP contribution >= 0.6 is 11.6 Å². The number of amides is 1. The number of Topliss-reactive ketones (excluding diaryl/α,β-unsaturated/α-hetero) is 1. The lowest BCUT2D eigenvalue weighted by atomic mass is 9.93. The Labute approximate surface area is 173 Å². The van der Waals surface area contributed by atoms with Crippen molar-refractivity contribution in [3.63, 3.8) is 0 Å². The van der Waals surface area contributed by atoms with E-state index in [9.17, 15) is 22.4 Å². The molecule has 0 aliphatic carbocycles. The summed E-state index contributed by atoms with van der Waals surface area (Å²) in [5.74, 6) is -1.97. The Bertz CT molecular complexity index is 1040. The first-order valence-corrected chi connectivity index (χ1v) is 10.7. The lowest BCUT2D eigenvalue weighted by molar-refractivity contribution is -0.131. The van der Waals surface area contributed by atoms with Crippen LogP contribution in [0.15, 0.2) is 47.4 Å². The Balaban J connectivity index is 1.95. The molecule has 1 fully saturated rings. The second-order valence-electron chi connectivity index (χ2n) is 6.74. The van der Waals surface area contributed by atoms with Gasteiger partial charge in [0.15, 0.2) is 5.78 Å². The zero-order valence-electron chi connectivity index (χ0n) is 15.6. The molecule has 1 aliphatic rings. The highest BCUT2D eigenvalue weighted by molar-refractivity contribution is 7.89. The summed E-state index contributed by atoms with van der Waals surface area (Å²) in [6.45, 7) is -0.527. The fraction of sp³-hybridized carbons (Fsp3) is 0.300. The molecule has 2 aromatic rings. The third kappa shape index (κ3) is 4.59. The van der Waals surface area contributed by atoms with E-state index in [2.05, 4.69) is 0 Å². The number of hydrogen-bond donors (Lipinski definition) is 0. The third-order valence-electron chi connectivity index (χ3n) is 4.80. The van der Waals surface area contributed by atoms with E-state index in [4.69, 9.17) is 16.3 Å². The molecular formula is C20H19ClFNO5S. The fourth-order valence-corrected chi connectivity index (χ4v) is 4.84. The predicted octanol–water partition coefficient (Wildman–Crippen LogP) is 3.23. The van der Waals surface area contributed by atoms with E-state index >= 15 is 0 Å². The quantitative estimate of drug-likeness (QED) is 0.714. The molecule has 1 atom stereocenters. The van der Waals surface area contributed by atoms with Crippen molar-refractivity contribution in [3.05, 3.63) is 58.9 Å². The Morgan fingerprint density at radius 1 is 1.17 bits per heavy atom. The van der Waals surface area contributed by atoms with Crippen molar-refractivity contribution < 1.29 is 27.1 Å². The van der Waals surface area contributed by atoms with Gasteiger partial charge in [0.1, 0.15) is 11.6 Å². The van der Waals surface area contributed by atoms with Gasteiger partial charge < -0.3 is 4.74 Å². The SMILES string of the molecule is COc1ccc(F)cc1CC1CCC(=O)CN(S(=O)(=O)c2ccc(Cl)cc2)C1=O. The number of sulfonamides is 1. The van der Waals surface area contributed by atoms with Crippen molar-refractivity contribution >= 4 is 33.3 Å². The molecule has 1 aliphatic heterocycles. The number of carbonyl (C=O) groups is 2. The minimum atomic E-state index is -4.23. The zero-order valence-corrected chi connectivity index (χ0v) is 17.2. The molecule has 0 bridgehead atoms. The van der Waals surface area contributed by atoms with Crippen LogP contribution in [0.3, 0.4) is 0 Å². The summed E-state index contributed by atoms with van der Waals surface area (Å²) >= 11 is 5.81. The maximum atomic E-state index is 13.7. The minimum Gasteiger partial charge on any atom is -0.496 e. The molecule has 0 radical (unpaired) electrons. The van der Waals surface area contributed by atoms with Gasteiger partial charge in [-0.3, -0.25) is 9.59 Å². The summed E-state index contributed by atoms with van der Waals surface area (Å²) in [7, 11) is -2.81. The number of carbonyl (C=O) groups excluding carboxylic acids is 2. The van der Waals surface area contributed by atoms with Crippen molar-refractivity contribution in [2.24, 2.45) is 5.92 Å². The van der Waals surface area contributed by atoms with Crippen LogP contribution in [-0.2, 0) is 26.0 Å². The Kier molecular flexibility index (Phi) is 6.24.